The summed E-state index contributed by atoms with van der Waals surface area (Å²) in [6.07, 6.45) is 0. The van der Waals surface area contributed by atoms with Crippen molar-refractivity contribution in [2.45, 2.75) is 6.92 Å². The molecule has 0 atom stereocenters. The second kappa shape index (κ2) is 6.26. The molecular weight excluding hydrogens is 335 g/mol. The van der Waals surface area contributed by atoms with Crippen LogP contribution in [0.4, 0.5) is 4.39 Å². The molecule has 4 aromatic rings. The van der Waals surface area contributed by atoms with Crippen molar-refractivity contribution in [3.8, 4) is 27.6 Å². The minimum Gasteiger partial charge on any atom is -0.494 e. The highest BCUT2D eigenvalue weighted by atomic mass is 32.1. The predicted molar refractivity (Wildman–Crippen MR) is 99.5 cm³/mol. The summed E-state index contributed by atoms with van der Waals surface area (Å²) >= 11 is 1.54. The smallest absolute Gasteiger partial charge is 0.165 e. The molecule has 3 nitrogen and oxygen atoms in total. The first-order chi connectivity index (χ1) is 12.2. The number of nitrogens with zero attached hydrogens (tertiary/aromatic N) is 2. The van der Waals surface area contributed by atoms with Crippen LogP contribution in [-0.4, -0.2) is 17.1 Å². The van der Waals surface area contributed by atoms with E-state index in [2.05, 4.69) is 4.98 Å². The van der Waals surface area contributed by atoms with Crippen LogP contribution >= 0.6 is 11.3 Å². The highest BCUT2D eigenvalue weighted by molar-refractivity contribution is 7.13. The summed E-state index contributed by atoms with van der Waals surface area (Å²) in [6, 6.07) is 15.0. The first-order valence-corrected chi connectivity index (χ1v) is 8.70. The molecule has 0 saturated heterocycles. The van der Waals surface area contributed by atoms with Crippen LogP contribution in [0.5, 0.6) is 5.75 Å². The number of ether oxygens (including phenoxy) is 1. The van der Waals surface area contributed by atoms with Crippen LogP contribution in [0.25, 0.3) is 32.7 Å². The van der Waals surface area contributed by atoms with Crippen molar-refractivity contribution in [3.63, 3.8) is 0 Å². The Balaban J connectivity index is 1.81. The summed E-state index contributed by atoms with van der Waals surface area (Å²) in [5.74, 6) is -0.158. The molecule has 2 aromatic carbocycles. The zero-order valence-electron chi connectivity index (χ0n) is 13.8. The van der Waals surface area contributed by atoms with Crippen molar-refractivity contribution >= 4 is 22.2 Å². The molecule has 124 valence electrons. The van der Waals surface area contributed by atoms with Crippen molar-refractivity contribution in [1.82, 2.24) is 9.97 Å². The van der Waals surface area contributed by atoms with Crippen LogP contribution < -0.4 is 4.74 Å². The Kier molecular flexibility index (Phi) is 3.93. The molecule has 0 unspecified atom stereocenters. The zero-order valence-corrected chi connectivity index (χ0v) is 14.6. The fraction of sp³-hybridized carbons (Fsp3) is 0.100. The molecule has 0 N–H and O–H groups in total. The number of rotatable bonds is 3. The summed E-state index contributed by atoms with van der Waals surface area (Å²) < 4.78 is 18.9. The molecule has 2 aromatic heterocycles. The van der Waals surface area contributed by atoms with E-state index in [0.29, 0.717) is 0 Å². The lowest BCUT2D eigenvalue weighted by Gasteiger charge is -2.05. The Morgan fingerprint density at radius 1 is 1.04 bits per heavy atom. The van der Waals surface area contributed by atoms with Crippen LogP contribution in [0, 0.1) is 12.7 Å². The lowest BCUT2D eigenvalue weighted by Crippen LogP contribution is -1.89. The van der Waals surface area contributed by atoms with E-state index >= 15 is 0 Å². The quantitative estimate of drug-likeness (QED) is 0.491. The van der Waals surface area contributed by atoms with Crippen molar-refractivity contribution in [3.05, 3.63) is 65.4 Å². The number of pyridine rings is 1. The van der Waals surface area contributed by atoms with Gasteiger partial charge in [0.15, 0.2) is 11.6 Å². The standard InChI is InChI=1S/C20H15FN2OS/c1-12-9-15(14-5-3-4-6-17(14)22-12)20-23-18(11-25-20)13-7-8-19(24-2)16(21)10-13/h3-11H,1-2H3. The van der Waals surface area contributed by atoms with Crippen LogP contribution in [0.15, 0.2) is 53.9 Å². The zero-order chi connectivity index (χ0) is 17.4. The molecule has 0 aliphatic rings. The molecule has 0 radical (unpaired) electrons. The number of para-hydroxylation sites is 1. The van der Waals surface area contributed by atoms with E-state index in [1.807, 2.05) is 48.7 Å². The molecule has 2 heterocycles. The third-order valence-electron chi connectivity index (χ3n) is 4.03. The third-order valence-corrected chi connectivity index (χ3v) is 4.90. The van der Waals surface area contributed by atoms with E-state index in [4.69, 9.17) is 9.72 Å². The second-order valence-corrected chi connectivity index (χ2v) is 6.57. The topological polar surface area (TPSA) is 35.0 Å². The highest BCUT2D eigenvalue weighted by Gasteiger charge is 2.12. The summed E-state index contributed by atoms with van der Waals surface area (Å²) in [4.78, 5) is 9.29. The highest BCUT2D eigenvalue weighted by Crippen LogP contribution is 2.34. The predicted octanol–water partition coefficient (Wildman–Crippen LogP) is 5.48. The number of aromatic nitrogens is 2. The summed E-state index contributed by atoms with van der Waals surface area (Å²) in [7, 11) is 1.45. The normalized spacial score (nSPS) is 11.0. The van der Waals surface area contributed by atoms with E-state index in [1.165, 1.54) is 13.2 Å². The number of thiazole rings is 1. The Morgan fingerprint density at radius 3 is 2.68 bits per heavy atom. The van der Waals surface area contributed by atoms with Gasteiger partial charge in [-0.2, -0.15) is 0 Å². The monoisotopic (exact) mass is 350 g/mol. The Labute approximate surface area is 148 Å². The number of fused-ring (bicyclic) bond motifs is 1. The van der Waals surface area contributed by atoms with Gasteiger partial charge in [0.05, 0.1) is 18.3 Å². The number of hydrogen-bond donors (Lipinski definition) is 0. The first-order valence-electron chi connectivity index (χ1n) is 7.82. The third kappa shape index (κ3) is 2.87. The van der Waals surface area contributed by atoms with Gasteiger partial charge < -0.3 is 4.74 Å². The minimum absolute atomic E-state index is 0.231. The van der Waals surface area contributed by atoms with Crippen LogP contribution in [0.2, 0.25) is 0 Å². The largest absolute Gasteiger partial charge is 0.494 e. The van der Waals surface area contributed by atoms with Gasteiger partial charge in [0.1, 0.15) is 5.01 Å². The van der Waals surface area contributed by atoms with E-state index in [-0.39, 0.29) is 11.6 Å². The molecule has 0 saturated carbocycles. The van der Waals surface area contributed by atoms with Crippen molar-refractivity contribution < 1.29 is 9.13 Å². The van der Waals surface area contributed by atoms with Crippen LogP contribution in [-0.2, 0) is 0 Å². The maximum absolute atomic E-state index is 14.0. The Hall–Kier alpha value is -2.79. The van der Waals surface area contributed by atoms with E-state index in [1.54, 1.807) is 17.4 Å². The van der Waals surface area contributed by atoms with Gasteiger partial charge in [-0.25, -0.2) is 9.37 Å². The molecular formula is C20H15FN2OS. The van der Waals surface area contributed by atoms with Gasteiger partial charge in [0.2, 0.25) is 0 Å². The minimum atomic E-state index is -0.389. The number of hydrogen-bond acceptors (Lipinski definition) is 4. The number of halogens is 1. The molecule has 0 aliphatic carbocycles. The molecule has 0 bridgehead atoms. The Bertz CT molecular complexity index is 1070. The second-order valence-electron chi connectivity index (χ2n) is 5.72. The van der Waals surface area contributed by atoms with Gasteiger partial charge in [-0.15, -0.1) is 11.3 Å². The average Bonchev–Trinajstić information content (AvgIpc) is 3.11. The van der Waals surface area contributed by atoms with Crippen molar-refractivity contribution in [1.29, 1.82) is 0 Å². The van der Waals surface area contributed by atoms with Gasteiger partial charge >= 0.3 is 0 Å². The number of benzene rings is 2. The van der Waals surface area contributed by atoms with Gasteiger partial charge in [0, 0.05) is 27.6 Å². The van der Waals surface area contributed by atoms with Gasteiger partial charge in [-0.1, -0.05) is 18.2 Å². The number of methoxy groups -OCH3 is 1. The fourth-order valence-corrected chi connectivity index (χ4v) is 3.70. The summed E-state index contributed by atoms with van der Waals surface area (Å²) in [5.41, 5.74) is 4.43. The molecule has 0 amide bonds. The molecule has 0 fully saturated rings. The van der Waals surface area contributed by atoms with E-state index in [0.717, 1.165) is 38.4 Å². The van der Waals surface area contributed by atoms with Gasteiger partial charge in [0.25, 0.3) is 0 Å². The summed E-state index contributed by atoms with van der Waals surface area (Å²) in [6.45, 7) is 1.98. The maximum atomic E-state index is 14.0. The molecule has 25 heavy (non-hydrogen) atoms. The maximum Gasteiger partial charge on any atom is 0.165 e. The van der Waals surface area contributed by atoms with E-state index < -0.39 is 0 Å². The summed E-state index contributed by atoms with van der Waals surface area (Å²) in [5, 5.41) is 3.91. The van der Waals surface area contributed by atoms with Gasteiger partial charge in [-0.05, 0) is 37.3 Å². The molecule has 4 rings (SSSR count). The van der Waals surface area contributed by atoms with E-state index in [9.17, 15) is 4.39 Å². The van der Waals surface area contributed by atoms with Crippen LogP contribution in [0.1, 0.15) is 5.69 Å². The fourth-order valence-electron chi connectivity index (χ4n) is 2.84. The first kappa shape index (κ1) is 15.7. The Morgan fingerprint density at radius 2 is 1.88 bits per heavy atom. The van der Waals surface area contributed by atoms with Gasteiger partial charge in [-0.3, -0.25) is 4.98 Å². The SMILES string of the molecule is COc1ccc(-c2csc(-c3cc(C)nc4ccccc34)n2)cc1F. The lowest BCUT2D eigenvalue weighted by atomic mass is 10.1. The van der Waals surface area contributed by atoms with Crippen LogP contribution in [0.3, 0.4) is 0 Å². The molecule has 5 heteroatoms. The van der Waals surface area contributed by atoms with Crippen molar-refractivity contribution in [2.24, 2.45) is 0 Å². The number of aryl methyl sites for hydroxylation is 1. The average molecular weight is 350 g/mol. The molecule has 0 aliphatic heterocycles. The van der Waals surface area contributed by atoms with Crippen molar-refractivity contribution in [2.75, 3.05) is 7.11 Å². The molecule has 0 spiro atoms. The lowest BCUT2D eigenvalue weighted by molar-refractivity contribution is 0.386.